The molecule has 1 amide bonds. The maximum absolute atomic E-state index is 13.2. The molecule has 1 atom stereocenters. The summed E-state index contributed by atoms with van der Waals surface area (Å²) in [6.45, 7) is 0.642. The molecule has 23 heavy (non-hydrogen) atoms. The number of aromatic carboxylic acids is 1. The molecule has 1 aromatic heterocycles. The highest BCUT2D eigenvalue weighted by Crippen LogP contribution is 2.33. The Hall–Kier alpha value is -2.77. The Morgan fingerprint density at radius 3 is 3.00 bits per heavy atom. The summed E-state index contributed by atoms with van der Waals surface area (Å²) in [6, 6.07) is 4.51. The highest BCUT2D eigenvalue weighted by Gasteiger charge is 2.28. The number of carbonyl (C=O) groups is 2. The normalized spacial score (nSPS) is 16.1. The van der Waals surface area contributed by atoms with E-state index in [1.54, 1.807) is 6.07 Å². The van der Waals surface area contributed by atoms with Crippen LogP contribution in [-0.2, 0) is 17.8 Å². The Morgan fingerprint density at radius 1 is 1.43 bits per heavy atom. The number of amides is 1. The van der Waals surface area contributed by atoms with Gasteiger partial charge in [0, 0.05) is 6.54 Å². The number of fused-ring (bicyclic) bond motifs is 1. The first-order valence-electron chi connectivity index (χ1n) is 7.24. The lowest BCUT2D eigenvalue weighted by atomic mass is 10.0. The predicted octanol–water partition coefficient (Wildman–Crippen LogP) is 0.962. The van der Waals surface area contributed by atoms with Gasteiger partial charge in [-0.15, -0.1) is 5.10 Å². The van der Waals surface area contributed by atoms with Crippen LogP contribution in [0.25, 0.3) is 0 Å². The molecule has 1 aliphatic rings. The number of rotatable bonds is 5. The Labute approximate surface area is 131 Å². The Balaban J connectivity index is 1.55. The quantitative estimate of drug-likeness (QED) is 0.856. The molecule has 120 valence electrons. The van der Waals surface area contributed by atoms with Crippen molar-refractivity contribution in [2.75, 3.05) is 6.54 Å². The third-order valence-electron chi connectivity index (χ3n) is 3.90. The van der Waals surface area contributed by atoms with Crippen LogP contribution in [0.4, 0.5) is 4.39 Å². The molecule has 1 aromatic carbocycles. The van der Waals surface area contributed by atoms with Crippen LogP contribution in [0, 0.1) is 5.82 Å². The second-order valence-corrected chi connectivity index (χ2v) is 5.40. The number of nitrogens with one attached hydrogen (secondary N) is 1. The zero-order valence-electron chi connectivity index (χ0n) is 12.2. The van der Waals surface area contributed by atoms with E-state index in [0.717, 1.165) is 11.1 Å². The van der Waals surface area contributed by atoms with Crippen molar-refractivity contribution in [3.63, 3.8) is 0 Å². The molecule has 2 N–H and O–H groups in total. The number of halogens is 1. The number of carboxylic acid groups (broad SMARTS) is 1. The maximum Gasteiger partial charge on any atom is 0.358 e. The summed E-state index contributed by atoms with van der Waals surface area (Å²) in [5.41, 5.74) is 1.62. The van der Waals surface area contributed by atoms with Crippen LogP contribution < -0.4 is 5.32 Å². The molecule has 0 spiro atoms. The molecule has 8 heteroatoms. The van der Waals surface area contributed by atoms with Crippen molar-refractivity contribution >= 4 is 11.9 Å². The fourth-order valence-electron chi connectivity index (χ4n) is 2.78. The van der Waals surface area contributed by atoms with E-state index in [1.165, 1.54) is 23.0 Å². The van der Waals surface area contributed by atoms with E-state index < -0.39 is 5.97 Å². The average Bonchev–Trinajstić information content (AvgIpc) is 3.13. The fourth-order valence-corrected chi connectivity index (χ4v) is 2.78. The van der Waals surface area contributed by atoms with Crippen molar-refractivity contribution in [3.05, 3.63) is 47.0 Å². The number of carboxylic acids is 1. The van der Waals surface area contributed by atoms with Gasteiger partial charge in [-0.25, -0.2) is 13.9 Å². The first kappa shape index (κ1) is 15.1. The number of benzene rings is 1. The predicted molar refractivity (Wildman–Crippen MR) is 77.5 cm³/mol. The molecular weight excluding hydrogens is 303 g/mol. The first-order valence-corrected chi connectivity index (χ1v) is 7.24. The summed E-state index contributed by atoms with van der Waals surface area (Å²) in [6.07, 6.45) is 2.66. The van der Waals surface area contributed by atoms with E-state index in [4.69, 9.17) is 5.11 Å². The number of hydrogen-bond donors (Lipinski definition) is 2. The molecule has 0 bridgehead atoms. The highest BCUT2D eigenvalue weighted by atomic mass is 19.1. The van der Waals surface area contributed by atoms with Gasteiger partial charge in [-0.3, -0.25) is 4.79 Å². The smallest absolute Gasteiger partial charge is 0.358 e. The SMILES string of the molecule is O=C(O)c1cn(CCNC(=O)C2CCc3cc(F)ccc32)nn1. The van der Waals surface area contributed by atoms with Gasteiger partial charge >= 0.3 is 5.97 Å². The van der Waals surface area contributed by atoms with Gasteiger partial charge in [-0.2, -0.15) is 0 Å². The molecule has 1 unspecified atom stereocenters. The molecule has 3 rings (SSSR count). The van der Waals surface area contributed by atoms with E-state index in [2.05, 4.69) is 15.6 Å². The van der Waals surface area contributed by atoms with Gasteiger partial charge in [0.05, 0.1) is 18.7 Å². The van der Waals surface area contributed by atoms with Gasteiger partial charge < -0.3 is 10.4 Å². The summed E-state index contributed by atoms with van der Waals surface area (Å²) in [7, 11) is 0. The molecule has 0 radical (unpaired) electrons. The van der Waals surface area contributed by atoms with Crippen molar-refractivity contribution in [1.29, 1.82) is 0 Å². The lowest BCUT2D eigenvalue weighted by Gasteiger charge is -2.12. The van der Waals surface area contributed by atoms with Crippen LogP contribution in [-0.4, -0.2) is 38.5 Å². The minimum absolute atomic E-state index is 0.117. The molecule has 0 saturated heterocycles. The van der Waals surface area contributed by atoms with Crippen LogP contribution in [0.2, 0.25) is 0 Å². The largest absolute Gasteiger partial charge is 0.476 e. The van der Waals surface area contributed by atoms with Gasteiger partial charge in [0.25, 0.3) is 0 Å². The number of aromatic nitrogens is 3. The van der Waals surface area contributed by atoms with Crippen LogP contribution in [0.3, 0.4) is 0 Å². The lowest BCUT2D eigenvalue weighted by Crippen LogP contribution is -2.31. The number of aryl methyl sites for hydroxylation is 1. The van der Waals surface area contributed by atoms with E-state index in [0.29, 0.717) is 25.9 Å². The molecule has 0 fully saturated rings. The Morgan fingerprint density at radius 2 is 2.26 bits per heavy atom. The summed E-state index contributed by atoms with van der Waals surface area (Å²) < 4.78 is 14.5. The van der Waals surface area contributed by atoms with Gasteiger partial charge in [0.1, 0.15) is 5.82 Å². The topological polar surface area (TPSA) is 97.1 Å². The van der Waals surface area contributed by atoms with Crippen molar-refractivity contribution in [1.82, 2.24) is 20.3 Å². The molecule has 2 aromatic rings. The monoisotopic (exact) mass is 318 g/mol. The van der Waals surface area contributed by atoms with Crippen molar-refractivity contribution in [2.24, 2.45) is 0 Å². The van der Waals surface area contributed by atoms with Crippen LogP contribution in [0.1, 0.15) is 34.0 Å². The molecule has 1 heterocycles. The van der Waals surface area contributed by atoms with Gasteiger partial charge in [0.2, 0.25) is 5.91 Å². The minimum Gasteiger partial charge on any atom is -0.476 e. The summed E-state index contributed by atoms with van der Waals surface area (Å²) >= 11 is 0. The molecule has 1 aliphatic carbocycles. The molecule has 0 aliphatic heterocycles. The molecule has 7 nitrogen and oxygen atoms in total. The molecule has 0 saturated carbocycles. The van der Waals surface area contributed by atoms with Gasteiger partial charge in [-0.1, -0.05) is 11.3 Å². The maximum atomic E-state index is 13.2. The van der Waals surface area contributed by atoms with Crippen molar-refractivity contribution in [2.45, 2.75) is 25.3 Å². The van der Waals surface area contributed by atoms with Gasteiger partial charge in [-0.05, 0) is 36.1 Å². The number of carbonyl (C=O) groups excluding carboxylic acids is 1. The number of nitrogens with zero attached hydrogens (tertiary/aromatic N) is 3. The summed E-state index contributed by atoms with van der Waals surface area (Å²) in [5, 5.41) is 18.7. The van der Waals surface area contributed by atoms with Crippen molar-refractivity contribution in [3.8, 4) is 0 Å². The lowest BCUT2D eigenvalue weighted by molar-refractivity contribution is -0.122. The van der Waals surface area contributed by atoms with Crippen molar-refractivity contribution < 1.29 is 19.1 Å². The Bertz CT molecular complexity index is 759. The van der Waals surface area contributed by atoms with Gasteiger partial charge in [0.15, 0.2) is 5.69 Å². The summed E-state index contributed by atoms with van der Waals surface area (Å²) in [4.78, 5) is 23.0. The zero-order chi connectivity index (χ0) is 16.4. The fraction of sp³-hybridized carbons (Fsp3) is 0.333. The van der Waals surface area contributed by atoms with E-state index in [-0.39, 0.29) is 23.3 Å². The van der Waals surface area contributed by atoms with E-state index >= 15 is 0 Å². The second-order valence-electron chi connectivity index (χ2n) is 5.40. The van der Waals surface area contributed by atoms with E-state index in [9.17, 15) is 14.0 Å². The average molecular weight is 318 g/mol. The highest BCUT2D eigenvalue weighted by molar-refractivity contribution is 5.85. The Kier molecular flexibility index (Phi) is 4.05. The van der Waals surface area contributed by atoms with Crippen LogP contribution in [0.15, 0.2) is 24.4 Å². The second kappa shape index (κ2) is 6.15. The van der Waals surface area contributed by atoms with Crippen LogP contribution >= 0.6 is 0 Å². The third kappa shape index (κ3) is 3.20. The minimum atomic E-state index is -1.14. The summed E-state index contributed by atoms with van der Waals surface area (Å²) in [5.74, 6) is -1.81. The first-order chi connectivity index (χ1) is 11.0. The number of hydrogen-bond acceptors (Lipinski definition) is 4. The van der Waals surface area contributed by atoms with E-state index in [1.807, 2.05) is 0 Å². The standard InChI is InChI=1S/C15H15FN4O3/c16-10-2-4-11-9(7-10)1-3-12(11)14(21)17-5-6-20-8-13(15(22)23)18-19-20/h2,4,7-8,12H,1,3,5-6H2,(H,17,21)(H,22,23). The van der Waals surface area contributed by atoms with Crippen LogP contribution in [0.5, 0.6) is 0 Å². The molecular formula is C15H15FN4O3. The third-order valence-corrected chi connectivity index (χ3v) is 3.90. The zero-order valence-corrected chi connectivity index (χ0v) is 12.2.